The molecule has 0 aliphatic carbocycles. The largest absolute Gasteiger partial charge is 0.357 e. The van der Waals surface area contributed by atoms with E-state index in [0.29, 0.717) is 12.6 Å². The molecule has 6 nitrogen and oxygen atoms in total. The highest BCUT2D eigenvalue weighted by Gasteiger charge is 2.21. The maximum absolute atomic E-state index is 11.5. The molecule has 0 spiro atoms. The van der Waals surface area contributed by atoms with Gasteiger partial charge in [0.05, 0.1) is 6.54 Å². The van der Waals surface area contributed by atoms with E-state index in [-0.39, 0.29) is 5.91 Å². The molecule has 0 unspecified atom stereocenters. The van der Waals surface area contributed by atoms with E-state index in [0.717, 1.165) is 45.2 Å². The van der Waals surface area contributed by atoms with Crippen molar-refractivity contribution in [2.45, 2.75) is 46.8 Å². The van der Waals surface area contributed by atoms with Crippen LogP contribution in [0, 0.1) is 0 Å². The number of carbonyl (C=O) groups excluding carboxylic acids is 1. The molecule has 1 N–H and O–H groups in total. The van der Waals surface area contributed by atoms with Crippen LogP contribution in [0.4, 0.5) is 0 Å². The van der Waals surface area contributed by atoms with Gasteiger partial charge in [0.25, 0.3) is 0 Å². The summed E-state index contributed by atoms with van der Waals surface area (Å²) in [6.45, 7) is 13.7. The standard InChI is InChI=1S/C21H35N5O/c1-6-22-21(26-13-11-25(12-14-26)18(4)27)23-15-19-9-7-8-10-20(19)16-24(5)17(2)3/h7-10,17H,6,11-16H2,1-5H3,(H,22,23). The van der Waals surface area contributed by atoms with Crippen molar-refractivity contribution in [1.29, 1.82) is 0 Å². The lowest BCUT2D eigenvalue weighted by atomic mass is 10.1. The second-order valence-electron chi connectivity index (χ2n) is 7.44. The summed E-state index contributed by atoms with van der Waals surface area (Å²) in [4.78, 5) is 22.9. The fraction of sp³-hybridized carbons (Fsp3) is 0.619. The van der Waals surface area contributed by atoms with Gasteiger partial charge in [0.15, 0.2) is 5.96 Å². The first-order valence-electron chi connectivity index (χ1n) is 9.98. The van der Waals surface area contributed by atoms with Crippen molar-refractivity contribution in [3.63, 3.8) is 0 Å². The molecule has 1 heterocycles. The monoisotopic (exact) mass is 373 g/mol. The number of guanidine groups is 1. The van der Waals surface area contributed by atoms with Crippen molar-refractivity contribution >= 4 is 11.9 Å². The first-order valence-corrected chi connectivity index (χ1v) is 9.98. The Hall–Kier alpha value is -2.08. The minimum atomic E-state index is 0.153. The molecule has 150 valence electrons. The van der Waals surface area contributed by atoms with Gasteiger partial charge in [-0.3, -0.25) is 9.69 Å². The van der Waals surface area contributed by atoms with Gasteiger partial charge in [0, 0.05) is 52.2 Å². The molecule has 2 rings (SSSR count). The van der Waals surface area contributed by atoms with Crippen LogP contribution < -0.4 is 5.32 Å². The van der Waals surface area contributed by atoms with E-state index in [1.807, 2.05) is 4.90 Å². The van der Waals surface area contributed by atoms with E-state index in [1.54, 1.807) is 6.92 Å². The summed E-state index contributed by atoms with van der Waals surface area (Å²) in [5.74, 6) is 1.09. The number of rotatable bonds is 6. The van der Waals surface area contributed by atoms with E-state index in [2.05, 4.69) is 67.2 Å². The first kappa shape index (κ1) is 21.2. The first-order chi connectivity index (χ1) is 12.9. The minimum absolute atomic E-state index is 0.153. The highest BCUT2D eigenvalue weighted by Crippen LogP contribution is 2.14. The molecular weight excluding hydrogens is 338 g/mol. The maximum Gasteiger partial charge on any atom is 0.219 e. The lowest BCUT2D eigenvalue weighted by Gasteiger charge is -2.36. The van der Waals surface area contributed by atoms with Crippen LogP contribution in [0.15, 0.2) is 29.3 Å². The highest BCUT2D eigenvalue weighted by atomic mass is 16.2. The Morgan fingerprint density at radius 2 is 1.74 bits per heavy atom. The van der Waals surface area contributed by atoms with Crippen molar-refractivity contribution in [3.8, 4) is 0 Å². The molecule has 1 aliphatic heterocycles. The van der Waals surface area contributed by atoms with Gasteiger partial charge in [-0.1, -0.05) is 24.3 Å². The van der Waals surface area contributed by atoms with Gasteiger partial charge in [0.1, 0.15) is 0 Å². The summed E-state index contributed by atoms with van der Waals surface area (Å²) in [5, 5.41) is 3.41. The van der Waals surface area contributed by atoms with Gasteiger partial charge in [-0.25, -0.2) is 4.99 Å². The fourth-order valence-corrected chi connectivity index (χ4v) is 3.14. The average Bonchev–Trinajstić information content (AvgIpc) is 2.66. The molecule has 1 aromatic carbocycles. The highest BCUT2D eigenvalue weighted by molar-refractivity contribution is 5.80. The van der Waals surface area contributed by atoms with Gasteiger partial charge >= 0.3 is 0 Å². The normalized spacial score (nSPS) is 15.6. The summed E-state index contributed by atoms with van der Waals surface area (Å²) in [5.41, 5.74) is 2.59. The van der Waals surface area contributed by atoms with Gasteiger partial charge < -0.3 is 15.1 Å². The van der Waals surface area contributed by atoms with E-state index >= 15 is 0 Å². The number of piperazine rings is 1. The average molecular weight is 374 g/mol. The van der Waals surface area contributed by atoms with Crippen LogP contribution in [0.5, 0.6) is 0 Å². The second-order valence-corrected chi connectivity index (χ2v) is 7.44. The van der Waals surface area contributed by atoms with Crippen LogP contribution in [-0.2, 0) is 17.9 Å². The molecule has 0 bridgehead atoms. The van der Waals surface area contributed by atoms with E-state index in [9.17, 15) is 4.79 Å². The second kappa shape index (κ2) is 10.3. The molecule has 6 heteroatoms. The van der Waals surface area contributed by atoms with Crippen LogP contribution >= 0.6 is 0 Å². The molecule has 1 amide bonds. The van der Waals surface area contributed by atoms with Crippen molar-refractivity contribution in [2.24, 2.45) is 4.99 Å². The Kier molecular flexibility index (Phi) is 8.10. The SMILES string of the molecule is CCNC(=NCc1ccccc1CN(C)C(C)C)N1CCN(C(C)=O)CC1. The summed E-state index contributed by atoms with van der Waals surface area (Å²) in [6, 6.07) is 9.06. The van der Waals surface area contributed by atoms with Crippen LogP contribution in [0.25, 0.3) is 0 Å². The van der Waals surface area contributed by atoms with Crippen LogP contribution in [0.3, 0.4) is 0 Å². The summed E-state index contributed by atoms with van der Waals surface area (Å²) in [6.07, 6.45) is 0. The Labute approximate surface area is 164 Å². The number of carbonyl (C=O) groups is 1. The number of benzene rings is 1. The molecule has 0 saturated carbocycles. The molecule has 1 fully saturated rings. The quantitative estimate of drug-likeness (QED) is 0.613. The predicted molar refractivity (Wildman–Crippen MR) is 112 cm³/mol. The van der Waals surface area contributed by atoms with Crippen LogP contribution in [-0.4, -0.2) is 72.4 Å². The van der Waals surface area contributed by atoms with Crippen molar-refractivity contribution in [3.05, 3.63) is 35.4 Å². The minimum Gasteiger partial charge on any atom is -0.357 e. The fourth-order valence-electron chi connectivity index (χ4n) is 3.14. The summed E-state index contributed by atoms with van der Waals surface area (Å²) >= 11 is 0. The zero-order chi connectivity index (χ0) is 19.8. The number of hydrogen-bond donors (Lipinski definition) is 1. The Morgan fingerprint density at radius 3 is 2.30 bits per heavy atom. The summed E-state index contributed by atoms with van der Waals surface area (Å²) < 4.78 is 0. The smallest absolute Gasteiger partial charge is 0.219 e. The van der Waals surface area contributed by atoms with Crippen molar-refractivity contribution < 1.29 is 4.79 Å². The van der Waals surface area contributed by atoms with Gasteiger partial charge in [-0.15, -0.1) is 0 Å². The number of aliphatic imine (C=N–C) groups is 1. The molecular formula is C21H35N5O. The number of nitrogens with zero attached hydrogens (tertiary/aromatic N) is 4. The zero-order valence-corrected chi connectivity index (χ0v) is 17.5. The Balaban J connectivity index is 2.08. The molecule has 1 aromatic rings. The van der Waals surface area contributed by atoms with Crippen molar-refractivity contribution in [2.75, 3.05) is 39.8 Å². The molecule has 0 atom stereocenters. The molecule has 1 saturated heterocycles. The molecule has 27 heavy (non-hydrogen) atoms. The predicted octanol–water partition coefficient (Wildman–Crippen LogP) is 2.16. The Morgan fingerprint density at radius 1 is 1.15 bits per heavy atom. The third-order valence-corrected chi connectivity index (χ3v) is 5.18. The molecule has 0 aromatic heterocycles. The Bertz CT molecular complexity index is 635. The number of nitrogens with one attached hydrogen (secondary N) is 1. The number of amides is 1. The van der Waals surface area contributed by atoms with Crippen LogP contribution in [0.1, 0.15) is 38.8 Å². The number of hydrogen-bond acceptors (Lipinski definition) is 3. The van der Waals surface area contributed by atoms with Crippen molar-refractivity contribution in [1.82, 2.24) is 20.0 Å². The topological polar surface area (TPSA) is 51.2 Å². The third kappa shape index (κ3) is 6.24. The lowest BCUT2D eigenvalue weighted by molar-refractivity contribution is -0.130. The van der Waals surface area contributed by atoms with Gasteiger partial charge in [-0.05, 0) is 38.9 Å². The summed E-state index contributed by atoms with van der Waals surface area (Å²) in [7, 11) is 2.16. The van der Waals surface area contributed by atoms with Gasteiger partial charge in [0.2, 0.25) is 5.91 Å². The molecule has 0 radical (unpaired) electrons. The molecule has 1 aliphatic rings. The van der Waals surface area contributed by atoms with Crippen LogP contribution in [0.2, 0.25) is 0 Å². The third-order valence-electron chi connectivity index (χ3n) is 5.18. The maximum atomic E-state index is 11.5. The zero-order valence-electron chi connectivity index (χ0n) is 17.5. The van der Waals surface area contributed by atoms with Gasteiger partial charge in [-0.2, -0.15) is 0 Å². The van der Waals surface area contributed by atoms with E-state index in [4.69, 9.17) is 4.99 Å². The van der Waals surface area contributed by atoms with E-state index in [1.165, 1.54) is 11.1 Å². The lowest BCUT2D eigenvalue weighted by Crippen LogP contribution is -2.53. The van der Waals surface area contributed by atoms with E-state index < -0.39 is 0 Å².